The molecule has 4 rings (SSSR count). The summed E-state index contributed by atoms with van der Waals surface area (Å²) in [5.74, 6) is -0.664. The summed E-state index contributed by atoms with van der Waals surface area (Å²) in [4.78, 5) is 34.4. The van der Waals surface area contributed by atoms with Gasteiger partial charge in [-0.25, -0.2) is 18.9 Å². The Balaban J connectivity index is 1.91. The summed E-state index contributed by atoms with van der Waals surface area (Å²) in [6.45, 7) is 1.89. The molecule has 2 aromatic carbocycles. The number of carbonyl (C=O) groups excluding carboxylic acids is 1. The maximum atomic E-state index is 13.3. The van der Waals surface area contributed by atoms with Gasteiger partial charge in [0.05, 0.1) is 10.9 Å². The predicted molar refractivity (Wildman–Crippen MR) is 114 cm³/mol. The molecule has 0 spiro atoms. The van der Waals surface area contributed by atoms with Gasteiger partial charge in [-0.1, -0.05) is 42.1 Å². The molecule has 2 heterocycles. The van der Waals surface area contributed by atoms with Gasteiger partial charge in [-0.15, -0.1) is 0 Å². The Morgan fingerprint density at radius 3 is 2.50 bits per heavy atom. The van der Waals surface area contributed by atoms with Crippen molar-refractivity contribution >= 4 is 28.6 Å². The fourth-order valence-corrected chi connectivity index (χ4v) is 4.07. The van der Waals surface area contributed by atoms with Crippen LogP contribution in [0.3, 0.4) is 0 Å². The summed E-state index contributed by atoms with van der Waals surface area (Å²) < 4.78 is 14.7. The Morgan fingerprint density at radius 1 is 1.10 bits per heavy atom. The van der Waals surface area contributed by atoms with Crippen molar-refractivity contribution in [2.75, 3.05) is 0 Å². The molecular formula is C22H17FN4O2S. The molecule has 0 aliphatic rings. The van der Waals surface area contributed by atoms with Gasteiger partial charge in [0.2, 0.25) is 5.91 Å². The van der Waals surface area contributed by atoms with Gasteiger partial charge in [-0.05, 0) is 48.4 Å². The van der Waals surface area contributed by atoms with Gasteiger partial charge < -0.3 is 5.73 Å². The highest BCUT2D eigenvalue weighted by atomic mass is 32.2. The Kier molecular flexibility index (Phi) is 5.33. The molecule has 0 radical (unpaired) electrons. The molecule has 1 amide bonds. The molecule has 0 saturated carbocycles. The van der Waals surface area contributed by atoms with Crippen molar-refractivity contribution in [2.24, 2.45) is 5.73 Å². The molecule has 2 aromatic heterocycles. The number of pyridine rings is 1. The summed E-state index contributed by atoms with van der Waals surface area (Å²) in [6.07, 6.45) is 1.65. The minimum absolute atomic E-state index is 0.267. The lowest BCUT2D eigenvalue weighted by Crippen LogP contribution is -2.25. The molecule has 30 heavy (non-hydrogen) atoms. The Morgan fingerprint density at radius 2 is 1.83 bits per heavy atom. The van der Waals surface area contributed by atoms with Crippen molar-refractivity contribution in [3.05, 3.63) is 94.2 Å². The average Bonchev–Trinajstić information content (AvgIpc) is 2.74. The lowest BCUT2D eigenvalue weighted by atomic mass is 10.1. The number of hydrogen-bond donors (Lipinski definition) is 1. The van der Waals surface area contributed by atoms with Crippen molar-refractivity contribution in [1.82, 2.24) is 14.5 Å². The van der Waals surface area contributed by atoms with Crippen LogP contribution in [-0.4, -0.2) is 20.4 Å². The van der Waals surface area contributed by atoms with Gasteiger partial charge in [0.1, 0.15) is 16.9 Å². The summed E-state index contributed by atoms with van der Waals surface area (Å²) in [5, 5.41) is -0.167. The Bertz CT molecular complexity index is 1290. The number of primary amides is 1. The summed E-state index contributed by atoms with van der Waals surface area (Å²) in [7, 11) is 0. The highest BCUT2D eigenvalue weighted by Gasteiger charge is 2.24. The molecule has 1 atom stereocenters. The number of para-hydroxylation sites is 1. The maximum Gasteiger partial charge on any atom is 0.267 e. The SMILES string of the molecule is Cc1ccc(-n2c(S[C@@H](C(N)=O)c3ccc(F)cc3)nc3ccccc3c2=O)nc1. The van der Waals surface area contributed by atoms with Crippen LogP contribution in [0.15, 0.2) is 76.8 Å². The van der Waals surface area contributed by atoms with E-state index in [1.165, 1.54) is 28.8 Å². The number of hydrogen-bond acceptors (Lipinski definition) is 5. The molecule has 2 N–H and O–H groups in total. The lowest BCUT2D eigenvalue weighted by molar-refractivity contribution is -0.117. The number of aromatic nitrogens is 3. The lowest BCUT2D eigenvalue weighted by Gasteiger charge is -2.17. The Labute approximate surface area is 175 Å². The monoisotopic (exact) mass is 420 g/mol. The van der Waals surface area contributed by atoms with Gasteiger partial charge in [-0.2, -0.15) is 0 Å². The zero-order valence-corrected chi connectivity index (χ0v) is 16.8. The van der Waals surface area contributed by atoms with Crippen LogP contribution in [0.25, 0.3) is 16.7 Å². The number of aryl methyl sites for hydroxylation is 1. The smallest absolute Gasteiger partial charge is 0.267 e. The molecule has 8 heteroatoms. The number of amides is 1. The standard InChI is InChI=1S/C22H17FN4O2S/c1-13-6-11-18(25-12-13)27-21(29)16-4-2-3-5-17(16)26-22(27)30-19(20(24)28)14-7-9-15(23)10-8-14/h2-12,19H,1H3,(H2,24,28)/t19-/m1/s1. The van der Waals surface area contributed by atoms with E-state index in [2.05, 4.69) is 9.97 Å². The second-order valence-electron chi connectivity index (χ2n) is 6.70. The van der Waals surface area contributed by atoms with Crippen LogP contribution >= 0.6 is 11.8 Å². The molecule has 0 aliphatic carbocycles. The van der Waals surface area contributed by atoms with Crippen LogP contribution in [0.5, 0.6) is 0 Å². The fraction of sp³-hybridized carbons (Fsp3) is 0.0909. The zero-order valence-electron chi connectivity index (χ0n) is 15.9. The van der Waals surface area contributed by atoms with Gasteiger partial charge in [0.25, 0.3) is 5.56 Å². The van der Waals surface area contributed by atoms with E-state index in [4.69, 9.17) is 5.73 Å². The second-order valence-corrected chi connectivity index (χ2v) is 7.77. The fourth-order valence-electron chi connectivity index (χ4n) is 3.02. The van der Waals surface area contributed by atoms with E-state index in [1.54, 1.807) is 36.5 Å². The van der Waals surface area contributed by atoms with Crippen molar-refractivity contribution in [3.63, 3.8) is 0 Å². The van der Waals surface area contributed by atoms with Gasteiger partial charge in [0, 0.05) is 6.20 Å². The third kappa shape index (κ3) is 3.81. The number of benzene rings is 2. The number of nitrogens with two attached hydrogens (primary N) is 1. The Hall–Kier alpha value is -3.52. The molecule has 0 bridgehead atoms. The van der Waals surface area contributed by atoms with Crippen molar-refractivity contribution in [3.8, 4) is 5.82 Å². The molecule has 4 aromatic rings. The second kappa shape index (κ2) is 8.08. The van der Waals surface area contributed by atoms with E-state index >= 15 is 0 Å². The number of thioether (sulfide) groups is 1. The highest BCUT2D eigenvalue weighted by Crippen LogP contribution is 2.35. The van der Waals surface area contributed by atoms with Crippen LogP contribution in [-0.2, 0) is 4.79 Å². The predicted octanol–water partition coefficient (Wildman–Crippen LogP) is 3.55. The molecule has 0 aliphatic heterocycles. The molecule has 150 valence electrons. The van der Waals surface area contributed by atoms with Gasteiger partial charge >= 0.3 is 0 Å². The largest absolute Gasteiger partial charge is 0.368 e. The quantitative estimate of drug-likeness (QED) is 0.394. The minimum Gasteiger partial charge on any atom is -0.368 e. The third-order valence-electron chi connectivity index (χ3n) is 4.52. The highest BCUT2D eigenvalue weighted by molar-refractivity contribution is 8.00. The zero-order chi connectivity index (χ0) is 21.3. The molecule has 0 saturated heterocycles. The van der Waals surface area contributed by atoms with E-state index in [1.807, 2.05) is 13.0 Å². The van der Waals surface area contributed by atoms with Gasteiger partial charge in [0.15, 0.2) is 5.16 Å². The average molecular weight is 420 g/mol. The van der Waals surface area contributed by atoms with E-state index in [9.17, 15) is 14.0 Å². The van der Waals surface area contributed by atoms with E-state index in [0.29, 0.717) is 22.3 Å². The van der Waals surface area contributed by atoms with Gasteiger partial charge in [-0.3, -0.25) is 9.59 Å². The van der Waals surface area contributed by atoms with Crippen molar-refractivity contribution < 1.29 is 9.18 Å². The maximum absolute atomic E-state index is 13.3. The number of fused-ring (bicyclic) bond motifs is 1. The number of carbonyl (C=O) groups is 1. The normalized spacial score (nSPS) is 12.1. The number of rotatable bonds is 5. The van der Waals surface area contributed by atoms with Crippen molar-refractivity contribution in [1.29, 1.82) is 0 Å². The van der Waals surface area contributed by atoms with E-state index in [-0.39, 0.29) is 10.7 Å². The number of nitrogens with zero attached hydrogens (tertiary/aromatic N) is 3. The van der Waals surface area contributed by atoms with Crippen LogP contribution < -0.4 is 11.3 Å². The van der Waals surface area contributed by atoms with Crippen LogP contribution in [0.1, 0.15) is 16.4 Å². The first kappa shape index (κ1) is 19.8. The van der Waals surface area contributed by atoms with E-state index in [0.717, 1.165) is 17.3 Å². The molecule has 0 fully saturated rings. The van der Waals surface area contributed by atoms with Crippen LogP contribution in [0, 0.1) is 12.7 Å². The van der Waals surface area contributed by atoms with Crippen LogP contribution in [0.4, 0.5) is 4.39 Å². The minimum atomic E-state index is -0.865. The first-order valence-electron chi connectivity index (χ1n) is 9.10. The first-order chi connectivity index (χ1) is 14.4. The van der Waals surface area contributed by atoms with Crippen LogP contribution in [0.2, 0.25) is 0 Å². The summed E-state index contributed by atoms with van der Waals surface area (Å²) in [5.41, 5.74) is 7.28. The molecule has 0 unspecified atom stereocenters. The van der Waals surface area contributed by atoms with E-state index < -0.39 is 17.0 Å². The summed E-state index contributed by atoms with van der Waals surface area (Å²) in [6, 6.07) is 16.0. The topological polar surface area (TPSA) is 90.9 Å². The third-order valence-corrected chi connectivity index (χ3v) is 5.75. The van der Waals surface area contributed by atoms with Crippen molar-refractivity contribution in [2.45, 2.75) is 17.3 Å². The number of halogens is 1. The summed E-state index contributed by atoms with van der Waals surface area (Å²) >= 11 is 1.03. The first-order valence-corrected chi connectivity index (χ1v) is 9.98. The molecular weight excluding hydrogens is 403 g/mol. The molecule has 6 nitrogen and oxygen atoms in total.